The first-order chi connectivity index (χ1) is 8.83. The summed E-state index contributed by atoms with van der Waals surface area (Å²) in [4.78, 5) is 25.0. The van der Waals surface area contributed by atoms with Crippen LogP contribution in [-0.2, 0) is 4.79 Å². The number of likely N-dealkylation sites (tertiary alicyclic amines) is 1. The van der Waals surface area contributed by atoms with Crippen molar-refractivity contribution < 1.29 is 14.7 Å². The standard InChI is InChI=1S/C13H13Cl2NO3/c1-13(12(18)19)4-5-16(7-13)11(17)9-3-2-8(14)6-10(9)15/h2-3,6H,4-5,7H2,1H3,(H,18,19)/t13-/m0/s1. The molecule has 6 heteroatoms. The highest BCUT2D eigenvalue weighted by Crippen LogP contribution is 2.32. The minimum absolute atomic E-state index is 0.195. The molecule has 1 fully saturated rings. The van der Waals surface area contributed by atoms with Crippen LogP contribution in [0.1, 0.15) is 23.7 Å². The van der Waals surface area contributed by atoms with Gasteiger partial charge >= 0.3 is 5.97 Å². The van der Waals surface area contributed by atoms with E-state index in [0.29, 0.717) is 23.6 Å². The molecule has 4 nitrogen and oxygen atoms in total. The van der Waals surface area contributed by atoms with Crippen LogP contribution in [0.2, 0.25) is 10.0 Å². The van der Waals surface area contributed by atoms with Crippen LogP contribution in [0.15, 0.2) is 18.2 Å². The van der Waals surface area contributed by atoms with E-state index in [1.807, 2.05) is 0 Å². The minimum atomic E-state index is -0.884. The van der Waals surface area contributed by atoms with Crippen molar-refractivity contribution in [2.75, 3.05) is 13.1 Å². The molecule has 102 valence electrons. The van der Waals surface area contributed by atoms with Crippen LogP contribution in [0.4, 0.5) is 0 Å². The Hall–Kier alpha value is -1.26. The lowest BCUT2D eigenvalue weighted by Gasteiger charge is -2.20. The van der Waals surface area contributed by atoms with E-state index in [-0.39, 0.29) is 17.5 Å². The topological polar surface area (TPSA) is 57.6 Å². The summed E-state index contributed by atoms with van der Waals surface area (Å²) >= 11 is 11.8. The molecule has 1 aromatic rings. The average molecular weight is 302 g/mol. The molecule has 0 unspecified atom stereocenters. The van der Waals surface area contributed by atoms with Gasteiger partial charge in [0, 0.05) is 18.1 Å². The number of carbonyl (C=O) groups excluding carboxylic acids is 1. The number of rotatable bonds is 2. The molecule has 0 aromatic heterocycles. The fourth-order valence-corrected chi connectivity index (χ4v) is 2.63. The van der Waals surface area contributed by atoms with Gasteiger partial charge in [0.15, 0.2) is 0 Å². The predicted molar refractivity (Wildman–Crippen MR) is 72.7 cm³/mol. The Bertz CT molecular complexity index is 547. The third-order valence-electron chi connectivity index (χ3n) is 3.44. The molecule has 1 saturated heterocycles. The normalized spacial score (nSPS) is 22.6. The summed E-state index contributed by atoms with van der Waals surface area (Å²) in [6, 6.07) is 4.65. The number of carbonyl (C=O) groups is 2. The third-order valence-corrected chi connectivity index (χ3v) is 3.99. The first-order valence-corrected chi connectivity index (χ1v) is 6.57. The van der Waals surface area contributed by atoms with Crippen LogP contribution in [0.5, 0.6) is 0 Å². The highest BCUT2D eigenvalue weighted by atomic mass is 35.5. The fraction of sp³-hybridized carbons (Fsp3) is 0.385. The Morgan fingerprint density at radius 2 is 2.05 bits per heavy atom. The van der Waals surface area contributed by atoms with Crippen molar-refractivity contribution in [2.24, 2.45) is 5.41 Å². The number of benzene rings is 1. The van der Waals surface area contributed by atoms with Gasteiger partial charge in [-0.25, -0.2) is 0 Å². The van der Waals surface area contributed by atoms with Gasteiger partial charge in [-0.15, -0.1) is 0 Å². The Morgan fingerprint density at radius 1 is 1.37 bits per heavy atom. The van der Waals surface area contributed by atoms with Crippen LogP contribution in [0.25, 0.3) is 0 Å². The van der Waals surface area contributed by atoms with Gasteiger partial charge in [-0.1, -0.05) is 23.2 Å². The number of hydrogen-bond acceptors (Lipinski definition) is 2. The van der Waals surface area contributed by atoms with Crippen LogP contribution in [0, 0.1) is 5.41 Å². The smallest absolute Gasteiger partial charge is 0.311 e. The zero-order valence-electron chi connectivity index (χ0n) is 10.3. The van der Waals surface area contributed by atoms with Crippen LogP contribution in [0.3, 0.4) is 0 Å². The molecule has 1 aliphatic rings. The van der Waals surface area contributed by atoms with Crippen molar-refractivity contribution in [3.8, 4) is 0 Å². The summed E-state index contributed by atoms with van der Waals surface area (Å²) in [7, 11) is 0. The van der Waals surface area contributed by atoms with Crippen LogP contribution in [-0.4, -0.2) is 35.0 Å². The zero-order chi connectivity index (χ0) is 14.2. The Balaban J connectivity index is 2.20. The number of carboxylic acids is 1. The number of amides is 1. The summed E-state index contributed by atoms with van der Waals surface area (Å²) in [6.45, 7) is 2.26. The van der Waals surface area contributed by atoms with E-state index in [4.69, 9.17) is 28.3 Å². The van der Waals surface area contributed by atoms with E-state index in [9.17, 15) is 9.59 Å². The summed E-state index contributed by atoms with van der Waals surface area (Å²) in [5.41, 5.74) is -0.533. The van der Waals surface area contributed by atoms with Gasteiger partial charge in [0.2, 0.25) is 0 Å². The maximum Gasteiger partial charge on any atom is 0.311 e. The SMILES string of the molecule is C[C@]1(C(=O)O)CCN(C(=O)c2ccc(Cl)cc2Cl)C1. The van der Waals surface area contributed by atoms with Gasteiger partial charge in [0.05, 0.1) is 16.0 Å². The summed E-state index contributed by atoms with van der Waals surface area (Å²) < 4.78 is 0. The number of carboxylic acid groups (broad SMARTS) is 1. The maximum atomic E-state index is 12.3. The van der Waals surface area contributed by atoms with Crippen molar-refractivity contribution in [2.45, 2.75) is 13.3 Å². The van der Waals surface area contributed by atoms with E-state index < -0.39 is 11.4 Å². The van der Waals surface area contributed by atoms with Crippen molar-refractivity contribution in [3.63, 3.8) is 0 Å². The van der Waals surface area contributed by atoms with E-state index in [1.165, 1.54) is 11.0 Å². The van der Waals surface area contributed by atoms with Gasteiger partial charge in [-0.2, -0.15) is 0 Å². The summed E-state index contributed by atoms with van der Waals surface area (Å²) in [6.07, 6.45) is 0.444. The lowest BCUT2D eigenvalue weighted by atomic mass is 9.90. The molecule has 0 spiro atoms. The fourth-order valence-electron chi connectivity index (χ4n) is 2.14. The maximum absolute atomic E-state index is 12.3. The van der Waals surface area contributed by atoms with Crippen LogP contribution < -0.4 is 0 Å². The first-order valence-electron chi connectivity index (χ1n) is 5.81. The minimum Gasteiger partial charge on any atom is -0.481 e. The molecule has 0 saturated carbocycles. The first kappa shape index (κ1) is 14.2. The van der Waals surface area contributed by atoms with Crippen LogP contribution >= 0.6 is 23.2 Å². The number of aliphatic carboxylic acids is 1. The van der Waals surface area contributed by atoms with Crippen molar-refractivity contribution in [1.29, 1.82) is 0 Å². The molecule has 0 radical (unpaired) electrons. The van der Waals surface area contributed by atoms with E-state index >= 15 is 0 Å². The van der Waals surface area contributed by atoms with E-state index in [2.05, 4.69) is 0 Å². The van der Waals surface area contributed by atoms with Gasteiger partial charge in [0.25, 0.3) is 5.91 Å². The van der Waals surface area contributed by atoms with Crippen molar-refractivity contribution in [1.82, 2.24) is 4.90 Å². The lowest BCUT2D eigenvalue weighted by Crippen LogP contribution is -2.35. The molecule has 19 heavy (non-hydrogen) atoms. The Labute approximate surface area is 120 Å². The second-order valence-corrected chi connectivity index (χ2v) is 5.81. The van der Waals surface area contributed by atoms with Gasteiger partial charge in [-0.05, 0) is 31.5 Å². The second-order valence-electron chi connectivity index (χ2n) is 4.97. The molecule has 1 amide bonds. The Kier molecular flexibility index (Phi) is 3.74. The second kappa shape index (κ2) is 5.02. The monoisotopic (exact) mass is 301 g/mol. The lowest BCUT2D eigenvalue weighted by molar-refractivity contribution is -0.147. The van der Waals surface area contributed by atoms with E-state index in [1.54, 1.807) is 19.1 Å². The highest BCUT2D eigenvalue weighted by Gasteiger charge is 2.42. The molecular formula is C13H13Cl2NO3. The van der Waals surface area contributed by atoms with Gasteiger partial charge in [-0.3, -0.25) is 9.59 Å². The molecule has 1 aliphatic heterocycles. The average Bonchev–Trinajstić information content (AvgIpc) is 2.73. The predicted octanol–water partition coefficient (Wildman–Crippen LogP) is 2.93. The van der Waals surface area contributed by atoms with E-state index in [0.717, 1.165) is 0 Å². The van der Waals surface area contributed by atoms with Crippen molar-refractivity contribution >= 4 is 35.1 Å². The van der Waals surface area contributed by atoms with Gasteiger partial charge < -0.3 is 10.0 Å². The largest absolute Gasteiger partial charge is 0.481 e. The molecule has 1 aromatic carbocycles. The van der Waals surface area contributed by atoms with Gasteiger partial charge in [0.1, 0.15) is 0 Å². The van der Waals surface area contributed by atoms with Crippen molar-refractivity contribution in [3.05, 3.63) is 33.8 Å². The molecule has 1 atom stereocenters. The highest BCUT2D eigenvalue weighted by molar-refractivity contribution is 6.36. The summed E-state index contributed by atoms with van der Waals surface area (Å²) in [5, 5.41) is 9.89. The summed E-state index contributed by atoms with van der Waals surface area (Å²) in [5.74, 6) is -1.14. The molecule has 2 rings (SSSR count). The Morgan fingerprint density at radius 3 is 2.58 bits per heavy atom. The third kappa shape index (κ3) is 2.69. The molecule has 1 N–H and O–H groups in total. The molecule has 0 bridgehead atoms. The number of hydrogen-bond donors (Lipinski definition) is 1. The molecule has 1 heterocycles. The molecule has 0 aliphatic carbocycles. The zero-order valence-corrected chi connectivity index (χ0v) is 11.8. The quantitative estimate of drug-likeness (QED) is 0.914. The molecular weight excluding hydrogens is 289 g/mol. The number of halogens is 2. The number of nitrogens with zero attached hydrogens (tertiary/aromatic N) is 1.